The van der Waals surface area contributed by atoms with Gasteiger partial charge in [0.15, 0.2) is 0 Å². The number of amides is 2. The molecule has 1 saturated carbocycles. The number of hydrogen-bond acceptors (Lipinski definition) is 3. The molecule has 5 heteroatoms. The van der Waals surface area contributed by atoms with Crippen molar-refractivity contribution in [2.75, 3.05) is 20.8 Å². The van der Waals surface area contributed by atoms with Gasteiger partial charge in [-0.2, -0.15) is 0 Å². The number of likely N-dealkylation sites (N-methyl/N-ethyl adjacent to an activating group) is 1. The number of nitrogens with one attached hydrogen (secondary N) is 1. The summed E-state index contributed by atoms with van der Waals surface area (Å²) in [6, 6.07) is -0.224. The second-order valence-corrected chi connectivity index (χ2v) is 6.01. The lowest BCUT2D eigenvalue weighted by molar-refractivity contribution is -0.177. The highest BCUT2D eigenvalue weighted by Crippen LogP contribution is 2.51. The van der Waals surface area contributed by atoms with Gasteiger partial charge in [0.2, 0.25) is 0 Å². The largest absolute Gasteiger partial charge is 0.394 e. The molecule has 2 amide bonds. The molecule has 106 valence electrons. The van der Waals surface area contributed by atoms with Crippen LogP contribution in [0.4, 0.5) is 4.79 Å². The van der Waals surface area contributed by atoms with E-state index in [9.17, 15) is 4.79 Å². The number of urea groups is 1. The Morgan fingerprint density at radius 3 is 2.50 bits per heavy atom. The van der Waals surface area contributed by atoms with Crippen LogP contribution in [0.5, 0.6) is 0 Å². The summed E-state index contributed by atoms with van der Waals surface area (Å²) < 4.78 is 5.52. The summed E-state index contributed by atoms with van der Waals surface area (Å²) >= 11 is 0. The van der Waals surface area contributed by atoms with E-state index in [0.717, 1.165) is 6.42 Å². The van der Waals surface area contributed by atoms with Crippen molar-refractivity contribution >= 4 is 6.03 Å². The highest BCUT2D eigenvalue weighted by molar-refractivity contribution is 5.75. The molecular weight excluding hydrogens is 232 g/mol. The van der Waals surface area contributed by atoms with Crippen LogP contribution in [0.3, 0.4) is 0 Å². The molecule has 1 rings (SSSR count). The summed E-state index contributed by atoms with van der Waals surface area (Å²) in [5.41, 5.74) is -0.285. The van der Waals surface area contributed by atoms with Crippen molar-refractivity contribution in [3.8, 4) is 0 Å². The van der Waals surface area contributed by atoms with Gasteiger partial charge < -0.3 is 20.1 Å². The topological polar surface area (TPSA) is 61.8 Å². The fourth-order valence-electron chi connectivity index (χ4n) is 2.30. The van der Waals surface area contributed by atoms with E-state index in [1.807, 2.05) is 6.92 Å². The number of nitrogens with zero attached hydrogens (tertiary/aromatic N) is 1. The van der Waals surface area contributed by atoms with Crippen LogP contribution in [0.2, 0.25) is 0 Å². The van der Waals surface area contributed by atoms with Gasteiger partial charge in [-0.05, 0) is 20.3 Å². The molecule has 2 N–H and O–H groups in total. The van der Waals surface area contributed by atoms with Crippen molar-refractivity contribution in [3.05, 3.63) is 0 Å². The predicted molar refractivity (Wildman–Crippen MR) is 70.4 cm³/mol. The van der Waals surface area contributed by atoms with Gasteiger partial charge in [0.1, 0.15) is 0 Å². The number of carbonyl (C=O) groups excluding carboxylic acids is 1. The Kier molecular flexibility index (Phi) is 4.28. The Bertz CT molecular complexity index is 319. The highest BCUT2D eigenvalue weighted by atomic mass is 16.5. The van der Waals surface area contributed by atoms with Crippen LogP contribution in [-0.4, -0.2) is 54.5 Å². The average Bonchev–Trinajstić information content (AvgIpc) is 2.35. The Morgan fingerprint density at radius 2 is 2.11 bits per heavy atom. The molecular formula is C13H26N2O3. The summed E-state index contributed by atoms with van der Waals surface area (Å²) in [6.45, 7) is 8.04. The highest BCUT2D eigenvalue weighted by Gasteiger charge is 2.58. The zero-order chi connectivity index (χ0) is 14.1. The lowest BCUT2D eigenvalue weighted by atomic mass is 9.56. The Balaban J connectivity index is 2.59. The molecule has 3 atom stereocenters. The van der Waals surface area contributed by atoms with Crippen molar-refractivity contribution in [1.29, 1.82) is 0 Å². The van der Waals surface area contributed by atoms with Gasteiger partial charge in [-0.25, -0.2) is 4.79 Å². The minimum absolute atomic E-state index is 0.0340. The summed E-state index contributed by atoms with van der Waals surface area (Å²) in [7, 11) is 3.40. The number of carbonyl (C=O) groups is 1. The van der Waals surface area contributed by atoms with E-state index in [4.69, 9.17) is 9.84 Å². The fraction of sp³-hybridized carbons (Fsp3) is 0.923. The van der Waals surface area contributed by atoms with Crippen molar-refractivity contribution in [2.24, 2.45) is 5.41 Å². The van der Waals surface area contributed by atoms with Gasteiger partial charge in [-0.1, -0.05) is 13.8 Å². The smallest absolute Gasteiger partial charge is 0.317 e. The van der Waals surface area contributed by atoms with E-state index in [1.165, 1.54) is 4.90 Å². The molecule has 0 heterocycles. The molecule has 3 unspecified atom stereocenters. The van der Waals surface area contributed by atoms with E-state index < -0.39 is 0 Å². The first kappa shape index (κ1) is 15.2. The molecule has 0 saturated heterocycles. The van der Waals surface area contributed by atoms with Crippen LogP contribution in [-0.2, 0) is 4.74 Å². The average molecular weight is 258 g/mol. The second kappa shape index (κ2) is 5.05. The maximum absolute atomic E-state index is 12.0. The van der Waals surface area contributed by atoms with Gasteiger partial charge in [-0.15, -0.1) is 0 Å². The van der Waals surface area contributed by atoms with Crippen LogP contribution in [0.1, 0.15) is 34.1 Å². The number of aliphatic hydroxyl groups is 1. The molecule has 5 nitrogen and oxygen atoms in total. The lowest BCUT2D eigenvalue weighted by Crippen LogP contribution is -2.69. The molecule has 0 radical (unpaired) electrons. The summed E-state index contributed by atoms with van der Waals surface area (Å²) in [5.74, 6) is 0. The fourth-order valence-corrected chi connectivity index (χ4v) is 2.30. The van der Waals surface area contributed by atoms with Crippen molar-refractivity contribution < 1.29 is 14.6 Å². The maximum atomic E-state index is 12.0. The third-order valence-electron chi connectivity index (χ3n) is 4.82. The maximum Gasteiger partial charge on any atom is 0.317 e. The summed E-state index contributed by atoms with van der Waals surface area (Å²) in [6.07, 6.45) is 0.809. The third-order valence-corrected chi connectivity index (χ3v) is 4.82. The molecule has 0 aromatic rings. The number of hydrogen-bond donors (Lipinski definition) is 2. The molecule has 0 aromatic carbocycles. The normalized spacial score (nSPS) is 31.4. The van der Waals surface area contributed by atoms with Crippen LogP contribution < -0.4 is 5.32 Å². The molecule has 0 bridgehead atoms. The van der Waals surface area contributed by atoms with E-state index in [1.54, 1.807) is 14.2 Å². The second-order valence-electron chi connectivity index (χ2n) is 6.01. The standard InChI is InChI=1S/C13H26N2O3/c1-9(8-16)15(5)11(17)14-10-7-13(4,18-6)12(10,2)3/h9-10,16H,7-8H2,1-6H3,(H,14,17). The number of ether oxygens (including phenoxy) is 1. The summed E-state index contributed by atoms with van der Waals surface area (Å²) in [5, 5.41) is 12.0. The molecule has 0 aromatic heterocycles. The third kappa shape index (κ3) is 2.34. The molecule has 1 aliphatic carbocycles. The van der Waals surface area contributed by atoms with Gasteiger partial charge in [0.05, 0.1) is 18.2 Å². The first-order valence-corrected chi connectivity index (χ1v) is 6.39. The first-order valence-electron chi connectivity index (χ1n) is 6.39. The molecule has 1 fully saturated rings. The lowest BCUT2D eigenvalue weighted by Gasteiger charge is -2.59. The summed E-state index contributed by atoms with van der Waals surface area (Å²) in [4.78, 5) is 13.5. The van der Waals surface area contributed by atoms with Crippen LogP contribution in [0, 0.1) is 5.41 Å². The Labute approximate surface area is 109 Å². The van der Waals surface area contributed by atoms with Crippen LogP contribution in [0.25, 0.3) is 0 Å². The van der Waals surface area contributed by atoms with E-state index in [0.29, 0.717) is 0 Å². The molecule has 1 aliphatic rings. The first-order chi connectivity index (χ1) is 8.19. The number of methoxy groups -OCH3 is 1. The van der Waals surface area contributed by atoms with Crippen molar-refractivity contribution in [3.63, 3.8) is 0 Å². The number of rotatable bonds is 4. The Morgan fingerprint density at radius 1 is 1.56 bits per heavy atom. The van der Waals surface area contributed by atoms with Crippen molar-refractivity contribution in [2.45, 2.75) is 51.8 Å². The van der Waals surface area contributed by atoms with E-state index >= 15 is 0 Å². The van der Waals surface area contributed by atoms with Gasteiger partial charge in [0.25, 0.3) is 0 Å². The van der Waals surface area contributed by atoms with Crippen LogP contribution in [0.15, 0.2) is 0 Å². The zero-order valence-electron chi connectivity index (χ0n) is 12.3. The van der Waals surface area contributed by atoms with E-state index in [2.05, 4.69) is 26.1 Å². The van der Waals surface area contributed by atoms with Crippen LogP contribution >= 0.6 is 0 Å². The van der Waals surface area contributed by atoms with Gasteiger partial charge in [0, 0.05) is 25.6 Å². The predicted octanol–water partition coefficient (Wildman–Crippen LogP) is 1.21. The minimum Gasteiger partial charge on any atom is -0.394 e. The molecule has 18 heavy (non-hydrogen) atoms. The zero-order valence-corrected chi connectivity index (χ0v) is 12.3. The SMILES string of the molecule is COC1(C)CC(NC(=O)N(C)C(C)CO)C1(C)C. The Hall–Kier alpha value is -0.810. The molecule has 0 spiro atoms. The number of aliphatic hydroxyl groups excluding tert-OH is 1. The minimum atomic E-state index is -0.188. The van der Waals surface area contributed by atoms with E-state index in [-0.39, 0.29) is 35.7 Å². The molecule has 0 aliphatic heterocycles. The van der Waals surface area contributed by atoms with Gasteiger partial charge >= 0.3 is 6.03 Å². The monoisotopic (exact) mass is 258 g/mol. The van der Waals surface area contributed by atoms with Gasteiger partial charge in [-0.3, -0.25) is 0 Å². The van der Waals surface area contributed by atoms with Crippen molar-refractivity contribution in [1.82, 2.24) is 10.2 Å². The quantitative estimate of drug-likeness (QED) is 0.797.